The van der Waals surface area contributed by atoms with Crippen LogP contribution in [0.4, 0.5) is 0 Å². The summed E-state index contributed by atoms with van der Waals surface area (Å²) < 4.78 is 0. The molecule has 1 heteroatoms. The van der Waals surface area contributed by atoms with Gasteiger partial charge in [0.1, 0.15) is 0 Å². The van der Waals surface area contributed by atoms with Gasteiger partial charge in [0.2, 0.25) is 0 Å². The third kappa shape index (κ3) is 3.77. The fourth-order valence-electron chi connectivity index (χ4n) is 4.85. The molecular weight excluding hydrogens is 316 g/mol. The van der Waals surface area contributed by atoms with E-state index in [9.17, 15) is 4.79 Å². The van der Waals surface area contributed by atoms with E-state index in [4.69, 9.17) is 0 Å². The van der Waals surface area contributed by atoms with E-state index in [1.54, 1.807) is 6.92 Å². The Hall–Kier alpha value is -1.89. The maximum Gasteiger partial charge on any atom is 0.159 e. The van der Waals surface area contributed by atoms with Crippen LogP contribution in [0.3, 0.4) is 0 Å². The molecule has 0 spiro atoms. The van der Waals surface area contributed by atoms with Crippen LogP contribution in [0.15, 0.2) is 48.5 Å². The average Bonchev–Trinajstić information content (AvgIpc) is 2.69. The molecule has 1 aliphatic rings. The van der Waals surface area contributed by atoms with Gasteiger partial charge in [-0.2, -0.15) is 0 Å². The van der Waals surface area contributed by atoms with E-state index in [2.05, 4.69) is 50.2 Å². The minimum absolute atomic E-state index is 0.121. The Kier molecular flexibility index (Phi) is 5.96. The Morgan fingerprint density at radius 1 is 0.923 bits per heavy atom. The van der Waals surface area contributed by atoms with Gasteiger partial charge in [-0.25, -0.2) is 0 Å². The molecule has 2 aromatic rings. The lowest BCUT2D eigenvalue weighted by atomic mass is 9.61. The number of hydrogen-bond acceptors (Lipinski definition) is 1. The Morgan fingerprint density at radius 3 is 1.96 bits per heavy atom. The molecule has 0 heterocycles. The van der Waals surface area contributed by atoms with Crippen molar-refractivity contribution >= 4 is 5.78 Å². The van der Waals surface area contributed by atoms with Gasteiger partial charge in [-0.1, -0.05) is 94.5 Å². The van der Waals surface area contributed by atoms with E-state index < -0.39 is 0 Å². The third-order valence-corrected chi connectivity index (χ3v) is 6.50. The molecule has 1 fully saturated rings. The lowest BCUT2D eigenvalue weighted by molar-refractivity contribution is 0.101. The van der Waals surface area contributed by atoms with Crippen LogP contribution in [0.5, 0.6) is 0 Å². The van der Waals surface area contributed by atoms with Crippen LogP contribution in [0, 0.1) is 5.92 Å². The zero-order chi connectivity index (χ0) is 18.6. The van der Waals surface area contributed by atoms with Crippen molar-refractivity contribution in [2.45, 2.75) is 71.1 Å². The molecule has 0 saturated heterocycles. The lowest BCUT2D eigenvalue weighted by Crippen LogP contribution is -2.36. The van der Waals surface area contributed by atoms with Gasteiger partial charge in [0.05, 0.1) is 0 Å². The van der Waals surface area contributed by atoms with Crippen LogP contribution >= 0.6 is 0 Å². The molecule has 1 atom stereocenters. The normalized spacial score (nSPS) is 17.7. The zero-order valence-electron chi connectivity index (χ0n) is 16.6. The van der Waals surface area contributed by atoms with Gasteiger partial charge in [0.25, 0.3) is 0 Å². The Morgan fingerprint density at radius 2 is 1.46 bits per heavy atom. The zero-order valence-corrected chi connectivity index (χ0v) is 16.6. The van der Waals surface area contributed by atoms with Crippen LogP contribution in [0.2, 0.25) is 0 Å². The summed E-state index contributed by atoms with van der Waals surface area (Å²) in [6.45, 7) is 6.38. The van der Waals surface area contributed by atoms with E-state index in [-0.39, 0.29) is 5.78 Å². The smallest absolute Gasteiger partial charge is 0.159 e. The van der Waals surface area contributed by atoms with Crippen molar-refractivity contribution in [3.63, 3.8) is 0 Å². The van der Waals surface area contributed by atoms with E-state index in [0.29, 0.717) is 5.41 Å². The summed E-state index contributed by atoms with van der Waals surface area (Å²) in [5.41, 5.74) is 5.09. The second-order valence-electron chi connectivity index (χ2n) is 8.12. The fourth-order valence-corrected chi connectivity index (χ4v) is 4.85. The van der Waals surface area contributed by atoms with Crippen LogP contribution in [-0.2, 0) is 5.41 Å². The van der Waals surface area contributed by atoms with E-state index in [0.717, 1.165) is 11.5 Å². The Bertz CT molecular complexity index is 718. The summed E-state index contributed by atoms with van der Waals surface area (Å²) in [5, 5.41) is 0. The average molecular weight is 349 g/mol. The number of carbonyl (C=O) groups is 1. The first-order chi connectivity index (χ1) is 12.6. The van der Waals surface area contributed by atoms with Crippen molar-refractivity contribution in [3.05, 3.63) is 59.7 Å². The van der Waals surface area contributed by atoms with Crippen LogP contribution in [0.25, 0.3) is 11.1 Å². The van der Waals surface area contributed by atoms with Crippen molar-refractivity contribution in [3.8, 4) is 11.1 Å². The van der Waals surface area contributed by atoms with Gasteiger partial charge in [-0.15, -0.1) is 0 Å². The minimum Gasteiger partial charge on any atom is -0.295 e. The summed E-state index contributed by atoms with van der Waals surface area (Å²) in [7, 11) is 0. The molecule has 0 aliphatic heterocycles. The molecule has 1 aliphatic carbocycles. The summed E-state index contributed by atoms with van der Waals surface area (Å²) in [5.74, 6) is 0.865. The number of Topliss-reactive ketones (excluding diaryl/α,β-unsaturated/α-hetero) is 1. The first-order valence-electron chi connectivity index (χ1n) is 10.3. The quantitative estimate of drug-likeness (QED) is 0.505. The van der Waals surface area contributed by atoms with Gasteiger partial charge in [0.15, 0.2) is 5.78 Å². The summed E-state index contributed by atoms with van der Waals surface area (Å²) >= 11 is 0. The number of hydrogen-bond donors (Lipinski definition) is 0. The minimum atomic E-state index is 0.121. The highest BCUT2D eigenvalue weighted by molar-refractivity contribution is 5.94. The molecule has 1 saturated carbocycles. The van der Waals surface area contributed by atoms with Gasteiger partial charge in [-0.3, -0.25) is 4.79 Å². The predicted octanol–water partition coefficient (Wildman–Crippen LogP) is 7.19. The second-order valence-corrected chi connectivity index (χ2v) is 8.12. The highest BCUT2D eigenvalue weighted by atomic mass is 16.1. The molecule has 2 aromatic carbocycles. The van der Waals surface area contributed by atoms with Crippen molar-refractivity contribution in [1.29, 1.82) is 0 Å². The number of ketones is 1. The number of rotatable bonds is 6. The van der Waals surface area contributed by atoms with Gasteiger partial charge in [0, 0.05) is 5.56 Å². The van der Waals surface area contributed by atoms with Crippen LogP contribution in [0.1, 0.15) is 81.6 Å². The number of carbonyl (C=O) groups excluding carboxylic acids is 1. The summed E-state index contributed by atoms with van der Waals surface area (Å²) in [4.78, 5) is 11.5. The maximum atomic E-state index is 11.5. The Balaban J connectivity index is 1.88. The van der Waals surface area contributed by atoms with E-state index in [1.807, 2.05) is 12.1 Å². The first kappa shape index (κ1) is 18.9. The standard InChI is InChI=1S/C25H32O/c1-4-8-19(2)25(17-6-5-7-18-25)24-15-13-23(14-16-24)22-11-9-21(10-12-22)20(3)26/h9-16,19H,4-8,17-18H2,1-3H3. The molecule has 1 nitrogen and oxygen atoms in total. The molecule has 1 unspecified atom stereocenters. The molecule has 138 valence electrons. The predicted molar refractivity (Wildman–Crippen MR) is 111 cm³/mol. The summed E-state index contributed by atoms with van der Waals surface area (Å²) in [6.07, 6.45) is 9.37. The van der Waals surface area contributed by atoms with Crippen molar-refractivity contribution in [2.75, 3.05) is 0 Å². The van der Waals surface area contributed by atoms with E-state index in [1.165, 1.54) is 61.6 Å². The second kappa shape index (κ2) is 8.20. The van der Waals surface area contributed by atoms with Crippen LogP contribution in [-0.4, -0.2) is 5.78 Å². The maximum absolute atomic E-state index is 11.5. The molecular formula is C25H32O. The largest absolute Gasteiger partial charge is 0.295 e. The number of benzene rings is 2. The van der Waals surface area contributed by atoms with E-state index >= 15 is 0 Å². The molecule has 0 aromatic heterocycles. The fraction of sp³-hybridized carbons (Fsp3) is 0.480. The third-order valence-electron chi connectivity index (χ3n) is 6.50. The highest BCUT2D eigenvalue weighted by Crippen LogP contribution is 2.47. The molecule has 0 radical (unpaired) electrons. The molecule has 0 N–H and O–H groups in total. The lowest BCUT2D eigenvalue weighted by Gasteiger charge is -2.43. The SMILES string of the molecule is CCCC(C)C1(c2ccc(-c3ccc(C(C)=O)cc3)cc2)CCCCC1. The first-order valence-corrected chi connectivity index (χ1v) is 10.3. The van der Waals surface area contributed by atoms with Gasteiger partial charge in [-0.05, 0) is 47.8 Å². The van der Waals surface area contributed by atoms with Crippen molar-refractivity contribution < 1.29 is 4.79 Å². The van der Waals surface area contributed by atoms with Crippen molar-refractivity contribution in [2.24, 2.45) is 5.92 Å². The van der Waals surface area contributed by atoms with Crippen LogP contribution < -0.4 is 0 Å². The molecule has 0 amide bonds. The molecule has 26 heavy (non-hydrogen) atoms. The topological polar surface area (TPSA) is 17.1 Å². The highest BCUT2D eigenvalue weighted by Gasteiger charge is 2.38. The summed E-state index contributed by atoms with van der Waals surface area (Å²) in [6, 6.07) is 17.2. The monoisotopic (exact) mass is 348 g/mol. The van der Waals surface area contributed by atoms with Crippen molar-refractivity contribution in [1.82, 2.24) is 0 Å². The van der Waals surface area contributed by atoms with Gasteiger partial charge < -0.3 is 0 Å². The Labute approximate surface area is 158 Å². The molecule has 3 rings (SSSR count). The molecule has 0 bridgehead atoms. The van der Waals surface area contributed by atoms with Gasteiger partial charge >= 0.3 is 0 Å².